The zero-order valence-corrected chi connectivity index (χ0v) is 11.8. The van der Waals surface area contributed by atoms with Crippen molar-refractivity contribution >= 4 is 21.9 Å². The Bertz CT molecular complexity index is 551. The number of rotatable bonds is 6. The number of halogens is 1. The van der Waals surface area contributed by atoms with E-state index in [0.717, 1.165) is 16.8 Å². The molecule has 4 nitrogen and oxygen atoms in total. The number of aromatic nitrogens is 1. The third kappa shape index (κ3) is 3.86. The minimum atomic E-state index is -0.917. The van der Waals surface area contributed by atoms with Gasteiger partial charge in [-0.3, -0.25) is 0 Å². The smallest absolute Gasteiger partial charge is 0.337 e. The number of nitrogens with zero attached hydrogens (tertiary/aromatic N) is 1. The maximum absolute atomic E-state index is 10.8. The van der Waals surface area contributed by atoms with Gasteiger partial charge in [-0.25, -0.2) is 4.79 Å². The quantitative estimate of drug-likeness (QED) is 0.829. The van der Waals surface area contributed by atoms with Gasteiger partial charge in [0.1, 0.15) is 5.75 Å². The van der Waals surface area contributed by atoms with Crippen molar-refractivity contribution < 1.29 is 14.6 Å². The molecular formula is C14H14BrNO3. The lowest BCUT2D eigenvalue weighted by Gasteiger charge is -2.07. The number of hydrogen-bond acceptors (Lipinski definition) is 2. The van der Waals surface area contributed by atoms with Crippen LogP contribution in [0.5, 0.6) is 5.75 Å². The molecule has 0 saturated heterocycles. The highest BCUT2D eigenvalue weighted by molar-refractivity contribution is 9.10. The molecule has 0 bridgehead atoms. The van der Waals surface area contributed by atoms with Gasteiger partial charge in [0.2, 0.25) is 0 Å². The fraction of sp³-hybridized carbons (Fsp3) is 0.214. The van der Waals surface area contributed by atoms with Crippen molar-refractivity contribution in [3.05, 3.63) is 52.8 Å². The Kier molecular flexibility index (Phi) is 4.63. The Hall–Kier alpha value is -1.75. The number of hydrogen-bond donors (Lipinski definition) is 1. The number of ether oxygens (including phenoxy) is 1. The summed E-state index contributed by atoms with van der Waals surface area (Å²) in [4.78, 5) is 10.8. The number of aryl methyl sites for hydroxylation is 1. The Morgan fingerprint density at radius 3 is 2.68 bits per heavy atom. The van der Waals surface area contributed by atoms with Crippen LogP contribution in [0.2, 0.25) is 0 Å². The minimum Gasteiger partial charge on any atom is -0.494 e. The van der Waals surface area contributed by atoms with Crippen molar-refractivity contribution in [1.29, 1.82) is 0 Å². The molecule has 5 heteroatoms. The van der Waals surface area contributed by atoms with E-state index in [1.165, 1.54) is 0 Å². The second-order valence-corrected chi connectivity index (χ2v) is 4.88. The summed E-state index contributed by atoms with van der Waals surface area (Å²) in [6.45, 7) is 1.30. The molecule has 0 atom stereocenters. The van der Waals surface area contributed by atoms with Crippen LogP contribution in [0.3, 0.4) is 0 Å². The standard InChI is InChI=1S/C14H14BrNO3/c15-13-9-11(14(17)18)10-16(13)7-4-8-19-12-5-2-1-3-6-12/h1-3,5-6,9-10H,4,7-8H2,(H,17,18). The summed E-state index contributed by atoms with van der Waals surface area (Å²) >= 11 is 3.34. The summed E-state index contributed by atoms with van der Waals surface area (Å²) < 4.78 is 8.20. The number of carboxylic acid groups (broad SMARTS) is 1. The van der Waals surface area contributed by atoms with Gasteiger partial charge < -0.3 is 14.4 Å². The van der Waals surface area contributed by atoms with Gasteiger partial charge in [-0.15, -0.1) is 0 Å². The maximum Gasteiger partial charge on any atom is 0.337 e. The van der Waals surface area contributed by atoms with E-state index in [2.05, 4.69) is 15.9 Å². The Balaban J connectivity index is 1.81. The van der Waals surface area contributed by atoms with Crippen molar-refractivity contribution in [2.75, 3.05) is 6.61 Å². The summed E-state index contributed by atoms with van der Waals surface area (Å²) in [5.74, 6) is -0.0692. The van der Waals surface area contributed by atoms with Crippen LogP contribution in [0.1, 0.15) is 16.8 Å². The van der Waals surface area contributed by atoms with E-state index in [-0.39, 0.29) is 5.56 Å². The summed E-state index contributed by atoms with van der Waals surface area (Å²) in [5, 5.41) is 8.88. The fourth-order valence-electron chi connectivity index (χ4n) is 1.71. The zero-order valence-electron chi connectivity index (χ0n) is 10.3. The van der Waals surface area contributed by atoms with E-state index in [1.54, 1.807) is 12.3 Å². The topological polar surface area (TPSA) is 51.5 Å². The van der Waals surface area contributed by atoms with E-state index in [9.17, 15) is 4.79 Å². The molecular weight excluding hydrogens is 310 g/mol. The summed E-state index contributed by atoms with van der Waals surface area (Å²) in [6.07, 6.45) is 2.43. The summed E-state index contributed by atoms with van der Waals surface area (Å²) in [7, 11) is 0. The van der Waals surface area contributed by atoms with Gasteiger partial charge in [0.05, 0.1) is 16.8 Å². The van der Waals surface area contributed by atoms with Crippen molar-refractivity contribution in [3.8, 4) is 5.75 Å². The van der Waals surface area contributed by atoms with E-state index >= 15 is 0 Å². The SMILES string of the molecule is O=C(O)c1cc(Br)n(CCCOc2ccccc2)c1. The van der Waals surface area contributed by atoms with E-state index in [4.69, 9.17) is 9.84 Å². The molecule has 0 amide bonds. The maximum atomic E-state index is 10.8. The molecule has 2 rings (SSSR count). The van der Waals surface area contributed by atoms with Crippen LogP contribution in [0.25, 0.3) is 0 Å². The van der Waals surface area contributed by atoms with Gasteiger partial charge in [0, 0.05) is 12.7 Å². The van der Waals surface area contributed by atoms with Crippen LogP contribution in [0, 0.1) is 0 Å². The largest absolute Gasteiger partial charge is 0.494 e. The molecule has 100 valence electrons. The van der Waals surface area contributed by atoms with Crippen LogP contribution in [-0.4, -0.2) is 22.2 Å². The van der Waals surface area contributed by atoms with E-state index < -0.39 is 5.97 Å². The zero-order chi connectivity index (χ0) is 13.7. The van der Waals surface area contributed by atoms with Crippen LogP contribution < -0.4 is 4.74 Å². The summed E-state index contributed by atoms with van der Waals surface area (Å²) in [6, 6.07) is 11.2. The van der Waals surface area contributed by atoms with Crippen molar-refractivity contribution in [2.45, 2.75) is 13.0 Å². The number of carboxylic acids is 1. The molecule has 0 radical (unpaired) electrons. The molecule has 0 spiro atoms. The first-order valence-corrected chi connectivity index (χ1v) is 6.73. The molecule has 19 heavy (non-hydrogen) atoms. The van der Waals surface area contributed by atoms with Gasteiger partial charge in [-0.2, -0.15) is 0 Å². The monoisotopic (exact) mass is 323 g/mol. The Labute approximate surface area is 119 Å². The number of aromatic carboxylic acids is 1. The second kappa shape index (κ2) is 6.43. The molecule has 0 aliphatic rings. The van der Waals surface area contributed by atoms with E-state index in [0.29, 0.717) is 13.2 Å². The molecule has 0 unspecified atom stereocenters. The van der Waals surface area contributed by atoms with Gasteiger partial charge in [0.25, 0.3) is 0 Å². The van der Waals surface area contributed by atoms with Crippen LogP contribution in [0.15, 0.2) is 47.2 Å². The minimum absolute atomic E-state index is 0.288. The Morgan fingerprint density at radius 2 is 2.05 bits per heavy atom. The Morgan fingerprint density at radius 1 is 1.32 bits per heavy atom. The van der Waals surface area contributed by atoms with Gasteiger partial charge in [-0.1, -0.05) is 18.2 Å². The summed E-state index contributed by atoms with van der Waals surface area (Å²) in [5.41, 5.74) is 0.288. The fourth-order valence-corrected chi connectivity index (χ4v) is 2.23. The lowest BCUT2D eigenvalue weighted by molar-refractivity contribution is 0.0697. The number of para-hydroxylation sites is 1. The van der Waals surface area contributed by atoms with Crippen LogP contribution >= 0.6 is 15.9 Å². The van der Waals surface area contributed by atoms with E-state index in [1.807, 2.05) is 34.9 Å². The molecule has 0 aliphatic carbocycles. The highest BCUT2D eigenvalue weighted by Crippen LogP contribution is 2.16. The van der Waals surface area contributed by atoms with Crippen molar-refractivity contribution in [2.24, 2.45) is 0 Å². The molecule has 1 heterocycles. The number of carbonyl (C=O) groups is 1. The molecule has 1 aromatic heterocycles. The van der Waals surface area contributed by atoms with Crippen molar-refractivity contribution in [3.63, 3.8) is 0 Å². The second-order valence-electron chi connectivity index (χ2n) is 4.07. The van der Waals surface area contributed by atoms with Crippen molar-refractivity contribution in [1.82, 2.24) is 4.57 Å². The van der Waals surface area contributed by atoms with Crippen LogP contribution in [-0.2, 0) is 6.54 Å². The van der Waals surface area contributed by atoms with Gasteiger partial charge in [0.15, 0.2) is 0 Å². The van der Waals surface area contributed by atoms with Crippen LogP contribution in [0.4, 0.5) is 0 Å². The third-order valence-corrected chi connectivity index (χ3v) is 3.33. The lowest BCUT2D eigenvalue weighted by atomic mass is 10.3. The lowest BCUT2D eigenvalue weighted by Crippen LogP contribution is -2.04. The molecule has 0 aliphatic heterocycles. The molecule has 0 saturated carbocycles. The predicted octanol–water partition coefficient (Wildman–Crippen LogP) is 3.42. The molecule has 2 aromatic rings. The third-order valence-electron chi connectivity index (χ3n) is 2.65. The molecule has 1 aromatic carbocycles. The first-order valence-electron chi connectivity index (χ1n) is 5.93. The van der Waals surface area contributed by atoms with Gasteiger partial charge >= 0.3 is 5.97 Å². The average Bonchev–Trinajstić information content (AvgIpc) is 2.78. The average molecular weight is 324 g/mol. The predicted molar refractivity (Wildman–Crippen MR) is 75.6 cm³/mol. The molecule has 1 N–H and O–H groups in total. The first-order chi connectivity index (χ1) is 9.16. The first kappa shape index (κ1) is 13.7. The molecule has 0 fully saturated rings. The van der Waals surface area contributed by atoms with Gasteiger partial charge in [-0.05, 0) is 40.5 Å². The normalized spacial score (nSPS) is 10.4. The highest BCUT2D eigenvalue weighted by atomic mass is 79.9. The number of benzene rings is 1. The highest BCUT2D eigenvalue weighted by Gasteiger charge is 2.08.